The number of aryl methyl sites for hydroxylation is 1. The van der Waals surface area contributed by atoms with Crippen LogP contribution in [0, 0.1) is 0 Å². The lowest BCUT2D eigenvalue weighted by molar-refractivity contribution is 0.756. The van der Waals surface area contributed by atoms with Gasteiger partial charge >= 0.3 is 0 Å². The molecule has 6 heteroatoms. The minimum atomic E-state index is 0.00229. The van der Waals surface area contributed by atoms with E-state index in [0.29, 0.717) is 5.02 Å². The van der Waals surface area contributed by atoms with Crippen molar-refractivity contribution in [2.45, 2.75) is 6.04 Å². The molecule has 21 heavy (non-hydrogen) atoms. The van der Waals surface area contributed by atoms with Gasteiger partial charge < -0.3 is 9.88 Å². The molecule has 3 aromatic rings. The molecule has 2 aromatic heterocycles. The summed E-state index contributed by atoms with van der Waals surface area (Å²) in [6.45, 7) is 0. The van der Waals surface area contributed by atoms with Crippen LogP contribution < -0.4 is 5.32 Å². The van der Waals surface area contributed by atoms with E-state index >= 15 is 0 Å². The normalized spacial score (nSPS) is 12.3. The number of benzene rings is 1. The molecule has 1 aromatic carbocycles. The Morgan fingerprint density at radius 3 is 2.86 bits per heavy atom. The highest BCUT2D eigenvalue weighted by Gasteiger charge is 2.20. The highest BCUT2D eigenvalue weighted by atomic mass is 79.9. The molecule has 0 bridgehead atoms. The first kappa shape index (κ1) is 14.6. The van der Waals surface area contributed by atoms with Crippen molar-refractivity contribution in [2.24, 2.45) is 7.05 Å². The number of imidazole rings is 1. The SMILES string of the molecule is Cn1ccnc1C(Nc1ccc(Cl)cc1Br)c1cccs1. The van der Waals surface area contributed by atoms with Gasteiger partial charge in [-0.2, -0.15) is 0 Å². The van der Waals surface area contributed by atoms with Gasteiger partial charge in [-0.3, -0.25) is 0 Å². The van der Waals surface area contributed by atoms with Gasteiger partial charge in [-0.1, -0.05) is 17.7 Å². The Hall–Kier alpha value is -1.30. The zero-order chi connectivity index (χ0) is 14.8. The van der Waals surface area contributed by atoms with Crippen LogP contribution in [-0.4, -0.2) is 9.55 Å². The van der Waals surface area contributed by atoms with Gasteiger partial charge in [-0.25, -0.2) is 4.98 Å². The first-order valence-corrected chi connectivity index (χ1v) is 8.42. The summed E-state index contributed by atoms with van der Waals surface area (Å²) in [5.74, 6) is 0.972. The number of nitrogens with one attached hydrogen (secondary N) is 1. The first-order valence-electron chi connectivity index (χ1n) is 6.37. The third-order valence-electron chi connectivity index (χ3n) is 3.18. The minimum absolute atomic E-state index is 0.00229. The summed E-state index contributed by atoms with van der Waals surface area (Å²) in [6.07, 6.45) is 3.77. The molecule has 1 N–H and O–H groups in total. The summed E-state index contributed by atoms with van der Waals surface area (Å²) in [5.41, 5.74) is 0.987. The molecule has 108 valence electrons. The molecule has 0 saturated carbocycles. The molecule has 0 aliphatic heterocycles. The Bertz CT molecular complexity index is 739. The van der Waals surface area contributed by atoms with Crippen LogP contribution in [0.4, 0.5) is 5.69 Å². The fourth-order valence-corrected chi connectivity index (χ4v) is 3.70. The van der Waals surface area contributed by atoms with E-state index in [1.54, 1.807) is 11.3 Å². The number of hydrogen-bond donors (Lipinski definition) is 1. The summed E-state index contributed by atoms with van der Waals surface area (Å²) in [6, 6.07) is 9.89. The van der Waals surface area contributed by atoms with E-state index in [1.807, 2.05) is 42.2 Å². The van der Waals surface area contributed by atoms with E-state index in [-0.39, 0.29) is 6.04 Å². The number of halogens is 2. The Balaban J connectivity index is 1.99. The average Bonchev–Trinajstić information content (AvgIpc) is 3.10. The molecule has 0 aliphatic rings. The molecular weight excluding hydrogens is 370 g/mol. The average molecular weight is 383 g/mol. The van der Waals surface area contributed by atoms with Crippen LogP contribution in [0.2, 0.25) is 5.02 Å². The van der Waals surface area contributed by atoms with Crippen molar-refractivity contribution < 1.29 is 0 Å². The van der Waals surface area contributed by atoms with Crippen LogP contribution in [0.1, 0.15) is 16.7 Å². The molecule has 0 fully saturated rings. The van der Waals surface area contributed by atoms with Crippen LogP contribution >= 0.6 is 38.9 Å². The highest BCUT2D eigenvalue weighted by molar-refractivity contribution is 9.10. The summed E-state index contributed by atoms with van der Waals surface area (Å²) in [5, 5.41) is 6.32. The lowest BCUT2D eigenvalue weighted by atomic mass is 10.2. The van der Waals surface area contributed by atoms with Crippen LogP contribution in [0.5, 0.6) is 0 Å². The van der Waals surface area contributed by atoms with Crippen LogP contribution in [0.3, 0.4) is 0 Å². The third kappa shape index (κ3) is 3.15. The van der Waals surface area contributed by atoms with Gasteiger partial charge in [0.25, 0.3) is 0 Å². The third-order valence-corrected chi connectivity index (χ3v) is 5.00. The Kier molecular flexibility index (Phi) is 4.33. The second-order valence-corrected chi connectivity index (χ2v) is 6.88. The monoisotopic (exact) mass is 381 g/mol. The van der Waals surface area contributed by atoms with E-state index in [2.05, 4.69) is 43.7 Å². The lowest BCUT2D eigenvalue weighted by Crippen LogP contribution is -2.15. The van der Waals surface area contributed by atoms with E-state index in [0.717, 1.165) is 16.0 Å². The quantitative estimate of drug-likeness (QED) is 0.680. The molecule has 0 saturated heterocycles. The maximum atomic E-state index is 6.01. The molecule has 3 rings (SSSR count). The molecule has 0 radical (unpaired) electrons. The van der Waals surface area contributed by atoms with Crippen molar-refractivity contribution in [3.05, 3.63) is 68.3 Å². The van der Waals surface area contributed by atoms with E-state index < -0.39 is 0 Å². The number of nitrogens with zero attached hydrogens (tertiary/aromatic N) is 2. The summed E-state index contributed by atoms with van der Waals surface area (Å²) in [4.78, 5) is 5.70. The Labute approximate surface area is 140 Å². The minimum Gasteiger partial charge on any atom is -0.370 e. The van der Waals surface area contributed by atoms with E-state index in [1.165, 1.54) is 4.88 Å². The number of rotatable bonds is 4. The van der Waals surface area contributed by atoms with E-state index in [4.69, 9.17) is 11.6 Å². The first-order chi connectivity index (χ1) is 10.1. The summed E-state index contributed by atoms with van der Waals surface area (Å²) in [7, 11) is 2.00. The summed E-state index contributed by atoms with van der Waals surface area (Å²) >= 11 is 11.3. The zero-order valence-electron chi connectivity index (χ0n) is 11.3. The zero-order valence-corrected chi connectivity index (χ0v) is 14.4. The van der Waals surface area contributed by atoms with Crippen molar-refractivity contribution in [1.29, 1.82) is 0 Å². The number of anilines is 1. The standard InChI is InChI=1S/C15H13BrClN3S/c1-20-7-6-18-15(20)14(13-3-2-8-21-13)19-12-5-4-10(17)9-11(12)16/h2-9,14,19H,1H3. The topological polar surface area (TPSA) is 29.9 Å². The molecule has 0 amide bonds. The Morgan fingerprint density at radius 2 is 2.24 bits per heavy atom. The fraction of sp³-hybridized carbons (Fsp3) is 0.133. The maximum absolute atomic E-state index is 6.01. The molecular formula is C15H13BrClN3S. The van der Waals surface area contributed by atoms with Gasteiger partial charge in [0.05, 0.1) is 0 Å². The van der Waals surface area contributed by atoms with Crippen molar-refractivity contribution in [3.8, 4) is 0 Å². The largest absolute Gasteiger partial charge is 0.370 e. The fourth-order valence-electron chi connectivity index (χ4n) is 2.14. The number of hydrogen-bond acceptors (Lipinski definition) is 3. The van der Waals surface area contributed by atoms with Crippen molar-refractivity contribution in [2.75, 3.05) is 5.32 Å². The smallest absolute Gasteiger partial charge is 0.136 e. The summed E-state index contributed by atoms with van der Waals surface area (Å²) < 4.78 is 2.96. The number of aromatic nitrogens is 2. The second kappa shape index (κ2) is 6.22. The molecule has 3 nitrogen and oxygen atoms in total. The van der Waals surface area contributed by atoms with Crippen LogP contribution in [0.15, 0.2) is 52.6 Å². The predicted octanol–water partition coefficient (Wildman–Crippen LogP) is 5.10. The predicted molar refractivity (Wildman–Crippen MR) is 92.1 cm³/mol. The van der Waals surface area contributed by atoms with Gasteiger partial charge in [0.2, 0.25) is 0 Å². The van der Waals surface area contributed by atoms with Crippen molar-refractivity contribution in [3.63, 3.8) is 0 Å². The lowest BCUT2D eigenvalue weighted by Gasteiger charge is -2.19. The van der Waals surface area contributed by atoms with E-state index in [9.17, 15) is 0 Å². The van der Waals surface area contributed by atoms with Crippen molar-refractivity contribution >= 4 is 44.6 Å². The van der Waals surface area contributed by atoms with Crippen LogP contribution in [0.25, 0.3) is 0 Å². The van der Waals surface area contributed by atoms with Gasteiger partial charge in [-0.05, 0) is 45.6 Å². The second-order valence-electron chi connectivity index (χ2n) is 4.61. The maximum Gasteiger partial charge on any atom is 0.136 e. The molecule has 0 aliphatic carbocycles. The molecule has 0 spiro atoms. The molecule has 2 heterocycles. The molecule has 1 atom stereocenters. The number of thiophene rings is 1. The van der Waals surface area contributed by atoms with Crippen LogP contribution in [-0.2, 0) is 7.05 Å². The molecule has 1 unspecified atom stereocenters. The van der Waals surface area contributed by atoms with Gasteiger partial charge in [0, 0.05) is 39.5 Å². The van der Waals surface area contributed by atoms with Gasteiger partial charge in [0.1, 0.15) is 11.9 Å². The Morgan fingerprint density at radius 1 is 1.38 bits per heavy atom. The highest BCUT2D eigenvalue weighted by Crippen LogP contribution is 2.33. The van der Waals surface area contributed by atoms with Gasteiger partial charge in [0.15, 0.2) is 0 Å². The van der Waals surface area contributed by atoms with Gasteiger partial charge in [-0.15, -0.1) is 11.3 Å². The van der Waals surface area contributed by atoms with Crippen molar-refractivity contribution in [1.82, 2.24) is 9.55 Å².